The summed E-state index contributed by atoms with van der Waals surface area (Å²) in [6, 6.07) is 9.27. The van der Waals surface area contributed by atoms with Crippen LogP contribution in [0.25, 0.3) is 0 Å². The number of hydrogen-bond acceptors (Lipinski definition) is 9. The Morgan fingerprint density at radius 3 is 2.23 bits per heavy atom. The van der Waals surface area contributed by atoms with E-state index < -0.39 is 30.1 Å². The van der Waals surface area contributed by atoms with Gasteiger partial charge in [0.05, 0.1) is 12.1 Å². The van der Waals surface area contributed by atoms with E-state index in [9.17, 15) is 24.3 Å². The minimum Gasteiger partial charge on any atom is -0.455 e. The van der Waals surface area contributed by atoms with Crippen LogP contribution in [-0.4, -0.2) is 88.3 Å². The number of esters is 1. The average molecular weight is 741 g/mol. The molecule has 1 aromatic carbocycles. The highest BCUT2D eigenvalue weighted by atomic mass is 32.1. The molecular weight excluding hydrogens is 677 g/mol. The van der Waals surface area contributed by atoms with Crippen LogP contribution in [0, 0.1) is 23.7 Å². The highest BCUT2D eigenvalue weighted by molar-refractivity contribution is 7.12. The van der Waals surface area contributed by atoms with Gasteiger partial charge in [-0.1, -0.05) is 85.7 Å². The minimum absolute atomic E-state index is 0.00135. The number of benzene rings is 1. The van der Waals surface area contributed by atoms with Gasteiger partial charge in [0.25, 0.3) is 5.91 Å². The molecule has 1 aromatic heterocycles. The first-order chi connectivity index (χ1) is 24.4. The topological polar surface area (TPSA) is 129 Å². The van der Waals surface area contributed by atoms with Crippen molar-refractivity contribution in [2.45, 2.75) is 137 Å². The molecule has 1 saturated heterocycles. The number of aliphatic hydroxyl groups is 1. The van der Waals surface area contributed by atoms with E-state index in [1.807, 2.05) is 71.7 Å². The predicted octanol–water partition coefficient (Wildman–Crippen LogP) is 6.82. The number of thiazole rings is 1. The molecule has 52 heavy (non-hydrogen) atoms. The number of carbonyl (C=O) groups is 4. The smallest absolute Gasteiger partial charge is 0.303 e. The number of aliphatic hydroxyl groups excluding tert-OH is 1. The van der Waals surface area contributed by atoms with Crippen molar-refractivity contribution >= 4 is 34.9 Å². The normalized spacial score (nSPS) is 19.1. The maximum Gasteiger partial charge on any atom is 0.303 e. The fourth-order valence-electron chi connectivity index (χ4n) is 7.28. The molecule has 2 aromatic rings. The molecule has 2 amide bonds. The molecule has 11 heteroatoms. The first-order valence-corrected chi connectivity index (χ1v) is 19.9. The molecule has 0 spiro atoms. The summed E-state index contributed by atoms with van der Waals surface area (Å²) in [5.74, 6) is -1.17. The van der Waals surface area contributed by atoms with Gasteiger partial charge in [0, 0.05) is 56.2 Å². The van der Waals surface area contributed by atoms with E-state index in [1.165, 1.54) is 18.3 Å². The number of nitrogens with one attached hydrogen (secondary N) is 1. The first-order valence-electron chi connectivity index (χ1n) is 19.1. The molecule has 0 radical (unpaired) electrons. The van der Waals surface area contributed by atoms with Crippen LogP contribution >= 0.6 is 11.3 Å². The fraction of sp³-hybridized carbons (Fsp3) is 0.683. The Morgan fingerprint density at radius 1 is 1.02 bits per heavy atom. The Labute approximate surface area is 316 Å². The molecule has 6 atom stereocenters. The lowest BCUT2D eigenvalue weighted by Crippen LogP contribution is -2.49. The molecule has 3 rings (SSSR count). The van der Waals surface area contributed by atoms with Gasteiger partial charge in [-0.2, -0.15) is 0 Å². The number of likely N-dealkylation sites (tertiary alicyclic amines) is 1. The van der Waals surface area contributed by atoms with E-state index in [4.69, 9.17) is 9.72 Å². The summed E-state index contributed by atoms with van der Waals surface area (Å²) < 4.78 is 5.92. The number of hydrogen-bond donors (Lipinski definition) is 2. The summed E-state index contributed by atoms with van der Waals surface area (Å²) >= 11 is 1.38. The van der Waals surface area contributed by atoms with Crippen molar-refractivity contribution in [2.24, 2.45) is 23.7 Å². The number of rotatable bonds is 18. The number of nitrogens with zero attached hydrogens (tertiary/aromatic N) is 3. The number of ketones is 1. The van der Waals surface area contributed by atoms with E-state index in [-0.39, 0.29) is 60.3 Å². The zero-order valence-electron chi connectivity index (χ0n) is 33.3. The third kappa shape index (κ3) is 12.2. The SMILES string of the molecule is CC(=O)O[C@H](C[C@H](C(C)C)N(C)C(=O)[C@@H](CC(=O)[C@H]1C[C@H](O)CCN1C)C(C)C)c1nc(C(=O)N[C@@H](Cc2ccccc2)CC(C)C)c(C(C)C)s1. The molecule has 0 unspecified atom stereocenters. The van der Waals surface area contributed by atoms with Crippen molar-refractivity contribution in [3.8, 4) is 0 Å². The van der Waals surface area contributed by atoms with Gasteiger partial charge in [-0.3, -0.25) is 24.1 Å². The maximum atomic E-state index is 14.2. The van der Waals surface area contributed by atoms with E-state index in [0.29, 0.717) is 42.4 Å². The van der Waals surface area contributed by atoms with Gasteiger partial charge in [-0.25, -0.2) is 4.98 Å². The first kappa shape index (κ1) is 43.3. The second-order valence-electron chi connectivity index (χ2n) is 16.2. The molecule has 0 bridgehead atoms. The lowest BCUT2D eigenvalue weighted by atomic mass is 9.84. The predicted molar refractivity (Wildman–Crippen MR) is 207 cm³/mol. The number of aromatic nitrogens is 1. The van der Waals surface area contributed by atoms with Crippen LogP contribution < -0.4 is 5.32 Å². The molecule has 1 aliphatic rings. The largest absolute Gasteiger partial charge is 0.455 e. The quantitative estimate of drug-likeness (QED) is 0.160. The summed E-state index contributed by atoms with van der Waals surface area (Å²) in [6.07, 6.45) is 1.59. The zero-order chi connectivity index (χ0) is 38.9. The minimum atomic E-state index is -0.781. The van der Waals surface area contributed by atoms with Crippen molar-refractivity contribution in [3.63, 3.8) is 0 Å². The van der Waals surface area contributed by atoms with Gasteiger partial charge in [0.15, 0.2) is 11.9 Å². The van der Waals surface area contributed by atoms with Crippen LogP contribution in [0.1, 0.15) is 132 Å². The van der Waals surface area contributed by atoms with E-state index in [1.54, 1.807) is 11.9 Å². The number of amides is 2. The van der Waals surface area contributed by atoms with Gasteiger partial charge < -0.3 is 20.1 Å². The van der Waals surface area contributed by atoms with Crippen molar-refractivity contribution in [1.82, 2.24) is 20.1 Å². The van der Waals surface area contributed by atoms with E-state index >= 15 is 0 Å². The summed E-state index contributed by atoms with van der Waals surface area (Å²) in [7, 11) is 3.65. The number of Topliss-reactive ketones (excluding diaryl/α,β-unsaturated/α-hetero) is 1. The van der Waals surface area contributed by atoms with Gasteiger partial charge in [0.1, 0.15) is 10.7 Å². The Bertz CT molecular complexity index is 1470. The van der Waals surface area contributed by atoms with Crippen LogP contribution in [0.2, 0.25) is 0 Å². The summed E-state index contributed by atoms with van der Waals surface area (Å²) in [6.45, 7) is 18.3. The van der Waals surface area contributed by atoms with Gasteiger partial charge in [-0.05, 0) is 62.0 Å². The Kier molecular flexibility index (Phi) is 16.5. The summed E-state index contributed by atoms with van der Waals surface area (Å²) in [4.78, 5) is 63.6. The number of likely N-dealkylation sites (N-methyl/N-ethyl adjacent to an activating group) is 1. The monoisotopic (exact) mass is 740 g/mol. The molecule has 2 N–H and O–H groups in total. The highest BCUT2D eigenvalue weighted by Crippen LogP contribution is 2.36. The van der Waals surface area contributed by atoms with Crippen LogP contribution in [0.3, 0.4) is 0 Å². The Balaban J connectivity index is 1.89. The summed E-state index contributed by atoms with van der Waals surface area (Å²) in [5, 5.41) is 14.0. The molecule has 0 saturated carbocycles. The highest BCUT2D eigenvalue weighted by Gasteiger charge is 2.38. The Morgan fingerprint density at radius 2 is 1.67 bits per heavy atom. The summed E-state index contributed by atoms with van der Waals surface area (Å²) in [5.41, 5.74) is 1.49. The molecule has 0 aliphatic carbocycles. The van der Waals surface area contributed by atoms with Crippen molar-refractivity contribution in [2.75, 3.05) is 20.6 Å². The van der Waals surface area contributed by atoms with Crippen LogP contribution in [0.15, 0.2) is 30.3 Å². The second kappa shape index (κ2) is 19.8. The molecule has 1 fully saturated rings. The van der Waals surface area contributed by atoms with Gasteiger partial charge >= 0.3 is 5.97 Å². The molecule has 10 nitrogen and oxygen atoms in total. The molecular formula is C41H64N4O6S. The second-order valence-corrected chi connectivity index (χ2v) is 17.3. The van der Waals surface area contributed by atoms with Crippen molar-refractivity contribution < 1.29 is 29.0 Å². The standard InChI is InChI=1S/C41H64N4O6S/c1-24(2)19-30(20-29-15-13-12-14-16-29)42-39(49)37-38(27(7)8)52-40(43-37)36(51-28(9)46)23-33(26(5)6)45(11)41(50)32(25(3)4)22-35(48)34-21-31(47)17-18-44(34)10/h12-16,24-27,30-34,36,47H,17-23H2,1-11H3,(H,42,49)/t30-,31-,32+,33-,34-,36-/m1/s1. The Hall–Kier alpha value is -3.15. The van der Waals surface area contributed by atoms with Crippen LogP contribution in [0.4, 0.5) is 0 Å². The maximum absolute atomic E-state index is 14.2. The zero-order valence-corrected chi connectivity index (χ0v) is 34.2. The van der Waals surface area contributed by atoms with Crippen molar-refractivity contribution in [1.29, 1.82) is 0 Å². The van der Waals surface area contributed by atoms with Gasteiger partial charge in [0.2, 0.25) is 5.91 Å². The third-order valence-electron chi connectivity index (χ3n) is 10.2. The van der Waals surface area contributed by atoms with E-state index in [0.717, 1.165) is 16.9 Å². The van der Waals surface area contributed by atoms with E-state index in [2.05, 4.69) is 31.3 Å². The third-order valence-corrected chi connectivity index (χ3v) is 11.7. The average Bonchev–Trinajstić information content (AvgIpc) is 3.52. The number of carbonyl (C=O) groups excluding carboxylic acids is 4. The molecule has 290 valence electrons. The molecule has 1 aliphatic heterocycles. The van der Waals surface area contributed by atoms with Gasteiger partial charge in [-0.15, -0.1) is 11.3 Å². The number of ether oxygens (including phenoxy) is 1. The lowest BCUT2D eigenvalue weighted by Gasteiger charge is -2.38. The van der Waals surface area contributed by atoms with Crippen LogP contribution in [0.5, 0.6) is 0 Å². The van der Waals surface area contributed by atoms with Crippen LogP contribution in [-0.2, 0) is 25.5 Å². The van der Waals surface area contributed by atoms with Crippen molar-refractivity contribution in [3.05, 3.63) is 51.5 Å². The lowest BCUT2D eigenvalue weighted by molar-refractivity contribution is -0.149. The fourth-order valence-corrected chi connectivity index (χ4v) is 8.39. The number of piperidine rings is 1. The molecule has 2 heterocycles.